The number of hydrogen-bond donors (Lipinski definition) is 2. The maximum absolute atomic E-state index is 12.2. The Morgan fingerprint density at radius 3 is 2.53 bits per heavy atom. The van der Waals surface area contributed by atoms with Crippen LogP contribution in [-0.4, -0.2) is 45.7 Å². The predicted octanol–water partition coefficient (Wildman–Crippen LogP) is 1.01. The van der Waals surface area contributed by atoms with Gasteiger partial charge < -0.3 is 15.0 Å². The Labute approximate surface area is 110 Å². The highest BCUT2D eigenvalue weighted by Crippen LogP contribution is 2.24. The Balaban J connectivity index is 2.12. The van der Waals surface area contributed by atoms with Crippen LogP contribution in [0.25, 0.3) is 0 Å². The number of aliphatic carboxylic acids is 1. The third-order valence-electron chi connectivity index (χ3n) is 3.54. The third-order valence-corrected chi connectivity index (χ3v) is 3.54. The van der Waals surface area contributed by atoms with Crippen molar-refractivity contribution in [1.82, 2.24) is 9.88 Å². The minimum Gasteiger partial charge on any atom is -0.481 e. The number of H-pyrrole nitrogens is 1. The number of amides is 1. The molecule has 0 bridgehead atoms. The number of aromatic amines is 1. The number of hydrogen-bond acceptors (Lipinski definition) is 3. The molecule has 0 saturated carbocycles. The van der Waals surface area contributed by atoms with E-state index in [9.17, 15) is 14.4 Å². The van der Waals surface area contributed by atoms with Gasteiger partial charge in [0.15, 0.2) is 5.78 Å². The van der Waals surface area contributed by atoms with Crippen molar-refractivity contribution in [2.45, 2.75) is 13.8 Å². The lowest BCUT2D eigenvalue weighted by molar-refractivity contribution is -0.142. The van der Waals surface area contributed by atoms with E-state index in [1.165, 1.54) is 24.1 Å². The summed E-state index contributed by atoms with van der Waals surface area (Å²) in [5.41, 5.74) is 0.772. The number of aromatic nitrogens is 1. The maximum Gasteiger partial charge on any atom is 0.308 e. The smallest absolute Gasteiger partial charge is 0.308 e. The standard InChI is InChI=1S/C13H16N2O4/c1-7-5-15(6-10(7)13(18)19)12(17)11-3-9(4-14-11)8(2)16/h3-4,7,10,14H,5-6H2,1-2H3,(H,18,19). The summed E-state index contributed by atoms with van der Waals surface area (Å²) >= 11 is 0. The number of likely N-dealkylation sites (tertiary alicyclic amines) is 1. The fourth-order valence-electron chi connectivity index (χ4n) is 2.35. The van der Waals surface area contributed by atoms with Crippen molar-refractivity contribution in [2.75, 3.05) is 13.1 Å². The molecule has 0 radical (unpaired) electrons. The van der Waals surface area contributed by atoms with Crippen LogP contribution in [-0.2, 0) is 4.79 Å². The van der Waals surface area contributed by atoms with Crippen LogP contribution in [0.2, 0.25) is 0 Å². The molecular formula is C13H16N2O4. The molecule has 0 spiro atoms. The average Bonchev–Trinajstić information content (AvgIpc) is 2.94. The molecule has 2 rings (SSSR count). The fourth-order valence-corrected chi connectivity index (χ4v) is 2.35. The zero-order chi connectivity index (χ0) is 14.2. The van der Waals surface area contributed by atoms with Crippen LogP contribution in [0.3, 0.4) is 0 Å². The number of Topliss-reactive ketones (excluding diaryl/α,β-unsaturated/α-hetero) is 1. The van der Waals surface area contributed by atoms with E-state index in [0.717, 1.165) is 0 Å². The van der Waals surface area contributed by atoms with Gasteiger partial charge in [0, 0.05) is 24.8 Å². The van der Waals surface area contributed by atoms with Gasteiger partial charge in [-0.05, 0) is 18.9 Å². The normalized spacial score (nSPS) is 22.5. The van der Waals surface area contributed by atoms with Gasteiger partial charge in [-0.15, -0.1) is 0 Å². The molecule has 1 amide bonds. The molecule has 1 fully saturated rings. The van der Waals surface area contributed by atoms with E-state index in [4.69, 9.17) is 5.11 Å². The minimum absolute atomic E-state index is 0.0660. The van der Waals surface area contributed by atoms with Crippen LogP contribution < -0.4 is 0 Å². The number of ketones is 1. The van der Waals surface area contributed by atoms with Crippen molar-refractivity contribution >= 4 is 17.7 Å². The van der Waals surface area contributed by atoms with Crippen molar-refractivity contribution in [2.24, 2.45) is 11.8 Å². The van der Waals surface area contributed by atoms with Crippen LogP contribution >= 0.6 is 0 Å². The number of nitrogens with zero attached hydrogens (tertiary/aromatic N) is 1. The summed E-state index contributed by atoms with van der Waals surface area (Å²) in [6, 6.07) is 1.50. The largest absolute Gasteiger partial charge is 0.481 e. The third kappa shape index (κ3) is 2.52. The molecule has 2 heterocycles. The topological polar surface area (TPSA) is 90.5 Å². The lowest BCUT2D eigenvalue weighted by Crippen LogP contribution is -2.30. The lowest BCUT2D eigenvalue weighted by Gasteiger charge is -2.14. The first-order valence-electron chi connectivity index (χ1n) is 6.11. The highest BCUT2D eigenvalue weighted by molar-refractivity contribution is 5.99. The van der Waals surface area contributed by atoms with E-state index < -0.39 is 11.9 Å². The highest BCUT2D eigenvalue weighted by Gasteiger charge is 2.37. The summed E-state index contributed by atoms with van der Waals surface area (Å²) in [6.45, 7) is 3.88. The van der Waals surface area contributed by atoms with Gasteiger partial charge in [-0.1, -0.05) is 6.92 Å². The SMILES string of the molecule is CC(=O)c1c[nH]c(C(=O)N2CC(C)C(C(=O)O)C2)c1. The molecule has 6 heteroatoms. The van der Waals surface area contributed by atoms with Gasteiger partial charge in [-0.3, -0.25) is 14.4 Å². The molecule has 19 heavy (non-hydrogen) atoms. The Morgan fingerprint density at radius 2 is 2.05 bits per heavy atom. The van der Waals surface area contributed by atoms with Gasteiger partial charge in [0.05, 0.1) is 5.92 Å². The molecule has 0 aromatic carbocycles. The number of rotatable bonds is 3. The van der Waals surface area contributed by atoms with Gasteiger partial charge in [-0.2, -0.15) is 0 Å². The Kier molecular flexibility index (Phi) is 3.42. The summed E-state index contributed by atoms with van der Waals surface area (Å²) in [5.74, 6) is -1.84. The molecule has 2 atom stereocenters. The van der Waals surface area contributed by atoms with Crippen LogP contribution in [0, 0.1) is 11.8 Å². The van der Waals surface area contributed by atoms with Crippen LogP contribution in [0.4, 0.5) is 0 Å². The van der Waals surface area contributed by atoms with Gasteiger partial charge in [-0.25, -0.2) is 0 Å². The van der Waals surface area contributed by atoms with E-state index >= 15 is 0 Å². The first-order chi connectivity index (χ1) is 8.90. The second-order valence-electron chi connectivity index (χ2n) is 4.99. The quantitative estimate of drug-likeness (QED) is 0.797. The highest BCUT2D eigenvalue weighted by atomic mass is 16.4. The molecule has 1 aromatic heterocycles. The number of carboxylic acid groups (broad SMARTS) is 1. The van der Waals surface area contributed by atoms with E-state index in [2.05, 4.69) is 4.98 Å². The average molecular weight is 264 g/mol. The molecule has 0 aliphatic carbocycles. The second kappa shape index (κ2) is 4.87. The van der Waals surface area contributed by atoms with Gasteiger partial charge >= 0.3 is 5.97 Å². The monoisotopic (exact) mass is 264 g/mol. The number of carbonyl (C=O) groups is 3. The molecule has 1 aliphatic heterocycles. The van der Waals surface area contributed by atoms with E-state index in [0.29, 0.717) is 17.8 Å². The van der Waals surface area contributed by atoms with E-state index in [1.54, 1.807) is 0 Å². The van der Waals surface area contributed by atoms with Gasteiger partial charge in [0.2, 0.25) is 0 Å². The summed E-state index contributed by atoms with van der Waals surface area (Å²) in [7, 11) is 0. The van der Waals surface area contributed by atoms with Crippen LogP contribution in [0.1, 0.15) is 34.7 Å². The van der Waals surface area contributed by atoms with Crippen molar-refractivity contribution in [1.29, 1.82) is 0 Å². The predicted molar refractivity (Wildman–Crippen MR) is 67.0 cm³/mol. The Hall–Kier alpha value is -2.11. The zero-order valence-electron chi connectivity index (χ0n) is 10.8. The second-order valence-corrected chi connectivity index (χ2v) is 4.99. The van der Waals surface area contributed by atoms with Gasteiger partial charge in [0.25, 0.3) is 5.91 Å². The molecule has 6 nitrogen and oxygen atoms in total. The Bertz CT molecular complexity index is 535. The summed E-state index contributed by atoms with van der Waals surface area (Å²) < 4.78 is 0. The minimum atomic E-state index is -0.876. The zero-order valence-corrected chi connectivity index (χ0v) is 10.8. The molecule has 1 aromatic rings. The molecule has 2 unspecified atom stereocenters. The number of nitrogens with one attached hydrogen (secondary N) is 1. The molecule has 102 valence electrons. The van der Waals surface area contributed by atoms with Crippen molar-refractivity contribution in [3.63, 3.8) is 0 Å². The molecular weight excluding hydrogens is 248 g/mol. The summed E-state index contributed by atoms with van der Waals surface area (Å²) in [4.78, 5) is 38.7. The first kappa shape index (κ1) is 13.3. The number of carboxylic acids is 1. The first-order valence-corrected chi connectivity index (χ1v) is 6.11. The van der Waals surface area contributed by atoms with Crippen molar-refractivity contribution in [3.05, 3.63) is 23.5 Å². The maximum atomic E-state index is 12.2. The molecule has 1 aliphatic rings. The number of carbonyl (C=O) groups excluding carboxylic acids is 2. The van der Waals surface area contributed by atoms with E-state index in [1.807, 2.05) is 6.92 Å². The van der Waals surface area contributed by atoms with E-state index in [-0.39, 0.29) is 24.2 Å². The van der Waals surface area contributed by atoms with Crippen molar-refractivity contribution in [3.8, 4) is 0 Å². The molecule has 1 saturated heterocycles. The van der Waals surface area contributed by atoms with Crippen LogP contribution in [0.15, 0.2) is 12.3 Å². The summed E-state index contributed by atoms with van der Waals surface area (Å²) in [5, 5.41) is 9.04. The van der Waals surface area contributed by atoms with Crippen molar-refractivity contribution < 1.29 is 19.5 Å². The van der Waals surface area contributed by atoms with Gasteiger partial charge in [0.1, 0.15) is 5.69 Å². The fraction of sp³-hybridized carbons (Fsp3) is 0.462. The summed E-state index contributed by atoms with van der Waals surface area (Å²) in [6.07, 6.45) is 1.49. The molecule has 2 N–H and O–H groups in total. The lowest BCUT2D eigenvalue weighted by atomic mass is 9.99. The Morgan fingerprint density at radius 1 is 1.37 bits per heavy atom. The van der Waals surface area contributed by atoms with Crippen LogP contribution in [0.5, 0.6) is 0 Å².